The summed E-state index contributed by atoms with van der Waals surface area (Å²) in [4.78, 5) is 0. The van der Waals surface area contributed by atoms with Crippen LogP contribution in [0.4, 0.5) is 0 Å². The summed E-state index contributed by atoms with van der Waals surface area (Å²) in [6.07, 6.45) is 0. The summed E-state index contributed by atoms with van der Waals surface area (Å²) in [6, 6.07) is 0. The van der Waals surface area contributed by atoms with Crippen molar-refractivity contribution in [1.29, 1.82) is 0 Å². The highest BCUT2D eigenvalue weighted by atomic mass is 16.5. The Bertz CT molecular complexity index is 317. The van der Waals surface area contributed by atoms with Gasteiger partial charge in [0.15, 0.2) is 11.5 Å². The number of aromatic hydroxyl groups is 2. The van der Waals surface area contributed by atoms with Crippen molar-refractivity contribution in [2.75, 3.05) is 14.2 Å². The summed E-state index contributed by atoms with van der Waals surface area (Å²) in [5.74, 6) is -0.880. The first-order valence-electron chi connectivity index (χ1n) is 4.51. The molecule has 0 saturated heterocycles. The molecule has 0 saturated carbocycles. The lowest BCUT2D eigenvalue weighted by atomic mass is 10.0. The van der Waals surface area contributed by atoms with E-state index in [-0.39, 0.29) is 34.1 Å². The van der Waals surface area contributed by atoms with E-state index in [0.717, 1.165) is 0 Å². The summed E-state index contributed by atoms with van der Waals surface area (Å²) in [6.45, 7) is -1.06. The molecule has 1 aromatic carbocycles. The molecule has 90 valence electrons. The molecule has 1 aromatic rings. The minimum atomic E-state index is -0.532. The maximum absolute atomic E-state index is 9.75. The van der Waals surface area contributed by atoms with Gasteiger partial charge >= 0.3 is 0 Å². The Hall–Kier alpha value is -1.66. The maximum atomic E-state index is 9.75. The zero-order valence-electron chi connectivity index (χ0n) is 9.02. The summed E-state index contributed by atoms with van der Waals surface area (Å²) in [5.41, 5.74) is 0.0234. The van der Waals surface area contributed by atoms with E-state index in [4.69, 9.17) is 19.7 Å². The molecule has 6 nitrogen and oxygen atoms in total. The van der Waals surface area contributed by atoms with Crippen molar-refractivity contribution in [1.82, 2.24) is 0 Å². The first-order valence-corrected chi connectivity index (χ1v) is 4.51. The number of aliphatic hydroxyl groups is 2. The van der Waals surface area contributed by atoms with Gasteiger partial charge in [-0.05, 0) is 0 Å². The van der Waals surface area contributed by atoms with Crippen LogP contribution in [0.2, 0.25) is 0 Å². The predicted octanol–water partition coefficient (Wildman–Crippen LogP) is 0.0996. The van der Waals surface area contributed by atoms with Crippen LogP contribution in [0.15, 0.2) is 0 Å². The van der Waals surface area contributed by atoms with E-state index in [9.17, 15) is 10.2 Å². The average molecular weight is 230 g/mol. The van der Waals surface area contributed by atoms with Crippen molar-refractivity contribution in [2.45, 2.75) is 13.2 Å². The Morgan fingerprint density at radius 2 is 1.12 bits per heavy atom. The maximum Gasteiger partial charge on any atom is 0.207 e. The van der Waals surface area contributed by atoms with Gasteiger partial charge in [0.05, 0.1) is 27.4 Å². The predicted molar refractivity (Wildman–Crippen MR) is 54.7 cm³/mol. The molecule has 16 heavy (non-hydrogen) atoms. The molecule has 1 rings (SSSR count). The van der Waals surface area contributed by atoms with Gasteiger partial charge in [0.2, 0.25) is 11.5 Å². The molecule has 0 amide bonds. The molecule has 0 aliphatic rings. The zero-order valence-corrected chi connectivity index (χ0v) is 9.02. The fourth-order valence-electron chi connectivity index (χ4n) is 1.49. The van der Waals surface area contributed by atoms with Gasteiger partial charge in [-0.2, -0.15) is 0 Å². The van der Waals surface area contributed by atoms with Gasteiger partial charge in [-0.1, -0.05) is 0 Å². The number of hydrogen-bond donors (Lipinski definition) is 4. The molecule has 0 radical (unpaired) electrons. The Morgan fingerprint density at radius 1 is 0.812 bits per heavy atom. The molecule has 0 bridgehead atoms. The van der Waals surface area contributed by atoms with Gasteiger partial charge in [-0.3, -0.25) is 0 Å². The van der Waals surface area contributed by atoms with Crippen molar-refractivity contribution in [3.8, 4) is 23.0 Å². The first-order chi connectivity index (χ1) is 7.62. The van der Waals surface area contributed by atoms with Crippen LogP contribution in [-0.4, -0.2) is 34.6 Å². The standard InChI is InChI=1S/C10H14O6/c1-15-9-7(13)5(3-11)6(4-12)8(14)10(9)16-2/h11-14H,3-4H2,1-2H3. The molecular formula is C10H14O6. The Balaban J connectivity index is 3.60. The third kappa shape index (κ3) is 1.72. The summed E-state index contributed by atoms with van der Waals surface area (Å²) in [7, 11) is 2.58. The molecule has 0 aliphatic carbocycles. The zero-order chi connectivity index (χ0) is 12.3. The molecule has 0 heterocycles. The summed E-state index contributed by atoms with van der Waals surface area (Å²) in [5, 5.41) is 37.6. The van der Waals surface area contributed by atoms with Gasteiger partial charge < -0.3 is 29.9 Å². The lowest BCUT2D eigenvalue weighted by molar-refractivity contribution is 0.242. The van der Waals surface area contributed by atoms with E-state index in [1.807, 2.05) is 0 Å². The van der Waals surface area contributed by atoms with E-state index in [1.165, 1.54) is 14.2 Å². The lowest BCUT2D eigenvalue weighted by Crippen LogP contribution is -2.01. The molecule has 0 unspecified atom stereocenters. The minimum absolute atomic E-state index is 0.0117. The van der Waals surface area contributed by atoms with E-state index in [2.05, 4.69) is 0 Å². The molecule has 0 spiro atoms. The Morgan fingerprint density at radius 3 is 1.31 bits per heavy atom. The van der Waals surface area contributed by atoms with E-state index < -0.39 is 13.2 Å². The summed E-state index contributed by atoms with van der Waals surface area (Å²) < 4.78 is 9.72. The monoisotopic (exact) mass is 230 g/mol. The number of methoxy groups -OCH3 is 2. The smallest absolute Gasteiger partial charge is 0.207 e. The van der Waals surface area contributed by atoms with Gasteiger partial charge in [0.1, 0.15) is 0 Å². The molecule has 0 aromatic heterocycles. The quantitative estimate of drug-likeness (QED) is 0.547. The van der Waals surface area contributed by atoms with Crippen molar-refractivity contribution in [3.63, 3.8) is 0 Å². The van der Waals surface area contributed by atoms with Crippen LogP contribution in [-0.2, 0) is 13.2 Å². The van der Waals surface area contributed by atoms with E-state index >= 15 is 0 Å². The van der Waals surface area contributed by atoms with Crippen LogP contribution < -0.4 is 9.47 Å². The minimum Gasteiger partial charge on any atom is -0.504 e. The van der Waals surface area contributed by atoms with Crippen molar-refractivity contribution in [3.05, 3.63) is 11.1 Å². The van der Waals surface area contributed by atoms with Gasteiger partial charge in [0.25, 0.3) is 0 Å². The second kappa shape index (κ2) is 4.91. The third-order valence-corrected chi connectivity index (χ3v) is 2.30. The second-order valence-corrected chi connectivity index (χ2v) is 3.04. The first kappa shape index (κ1) is 12.4. The fourth-order valence-corrected chi connectivity index (χ4v) is 1.49. The van der Waals surface area contributed by atoms with Crippen molar-refractivity contribution < 1.29 is 29.9 Å². The molecular weight excluding hydrogens is 216 g/mol. The lowest BCUT2D eigenvalue weighted by Gasteiger charge is -2.17. The Kier molecular flexibility index (Phi) is 3.81. The number of aliphatic hydroxyl groups excluding tert-OH is 2. The van der Waals surface area contributed by atoms with Crippen LogP contribution >= 0.6 is 0 Å². The molecule has 6 heteroatoms. The van der Waals surface area contributed by atoms with Gasteiger partial charge in [-0.15, -0.1) is 0 Å². The second-order valence-electron chi connectivity index (χ2n) is 3.04. The number of ether oxygens (including phenoxy) is 2. The number of rotatable bonds is 4. The largest absolute Gasteiger partial charge is 0.504 e. The SMILES string of the molecule is COc1c(O)c(CO)c(CO)c(O)c1OC. The van der Waals surface area contributed by atoms with Crippen molar-refractivity contribution >= 4 is 0 Å². The molecule has 4 N–H and O–H groups in total. The molecule has 0 fully saturated rings. The van der Waals surface area contributed by atoms with Gasteiger partial charge in [-0.25, -0.2) is 0 Å². The number of phenols is 2. The van der Waals surface area contributed by atoms with Crippen LogP contribution in [0.5, 0.6) is 23.0 Å². The topological polar surface area (TPSA) is 99.4 Å². The van der Waals surface area contributed by atoms with Crippen LogP contribution in [0.1, 0.15) is 11.1 Å². The third-order valence-electron chi connectivity index (χ3n) is 2.30. The van der Waals surface area contributed by atoms with Crippen LogP contribution in [0.25, 0.3) is 0 Å². The molecule has 0 aliphatic heterocycles. The number of benzene rings is 1. The molecule has 0 atom stereocenters. The van der Waals surface area contributed by atoms with Crippen LogP contribution in [0, 0.1) is 0 Å². The Labute approximate surface area is 92.3 Å². The average Bonchev–Trinajstić information content (AvgIpc) is 2.30. The van der Waals surface area contributed by atoms with E-state index in [0.29, 0.717) is 0 Å². The van der Waals surface area contributed by atoms with Crippen molar-refractivity contribution in [2.24, 2.45) is 0 Å². The normalized spacial score (nSPS) is 10.2. The highest BCUT2D eigenvalue weighted by molar-refractivity contribution is 5.65. The summed E-state index contributed by atoms with van der Waals surface area (Å²) >= 11 is 0. The van der Waals surface area contributed by atoms with Crippen LogP contribution in [0.3, 0.4) is 0 Å². The highest BCUT2D eigenvalue weighted by Gasteiger charge is 2.24. The number of hydrogen-bond acceptors (Lipinski definition) is 6. The fraction of sp³-hybridized carbons (Fsp3) is 0.400. The van der Waals surface area contributed by atoms with E-state index in [1.54, 1.807) is 0 Å². The highest BCUT2D eigenvalue weighted by Crippen LogP contribution is 2.48. The van der Waals surface area contributed by atoms with Gasteiger partial charge in [0, 0.05) is 11.1 Å².